The lowest BCUT2D eigenvalue weighted by Crippen LogP contribution is -2.22. The highest BCUT2D eigenvalue weighted by molar-refractivity contribution is 6.31. The van der Waals surface area contributed by atoms with E-state index < -0.39 is 0 Å². The van der Waals surface area contributed by atoms with Gasteiger partial charge in [0.15, 0.2) is 0 Å². The molecule has 0 aliphatic rings. The second-order valence-electron chi connectivity index (χ2n) is 5.72. The van der Waals surface area contributed by atoms with Gasteiger partial charge in [-0.25, -0.2) is 4.39 Å². The van der Waals surface area contributed by atoms with E-state index in [-0.39, 0.29) is 16.8 Å². The molecule has 3 aromatic carbocycles. The zero-order valence-corrected chi connectivity index (χ0v) is 14.0. The Labute approximate surface area is 147 Å². The molecular weight excluding hydrogens is 321 g/mol. The smallest absolute Gasteiger partial charge is 0.142 e. The van der Waals surface area contributed by atoms with E-state index in [2.05, 4.69) is 53.8 Å². The molecule has 1 nitrogen and oxygen atoms in total. The average Bonchev–Trinajstić information content (AvgIpc) is 2.63. The Balaban J connectivity index is 1.74. The van der Waals surface area contributed by atoms with Gasteiger partial charge in [-0.3, -0.25) is 0 Å². The van der Waals surface area contributed by atoms with Crippen molar-refractivity contribution in [3.8, 4) is 0 Å². The van der Waals surface area contributed by atoms with Crippen LogP contribution in [-0.4, -0.2) is 6.54 Å². The lowest BCUT2D eigenvalue weighted by molar-refractivity contribution is 0.612. The minimum Gasteiger partial charge on any atom is -0.312 e. The van der Waals surface area contributed by atoms with Gasteiger partial charge in [0, 0.05) is 19.0 Å². The first-order valence-electron chi connectivity index (χ1n) is 7.99. The zero-order chi connectivity index (χ0) is 16.8. The van der Waals surface area contributed by atoms with Crippen molar-refractivity contribution in [3.63, 3.8) is 0 Å². The summed E-state index contributed by atoms with van der Waals surface area (Å²) in [6, 6.07) is 25.7. The van der Waals surface area contributed by atoms with Crippen LogP contribution in [0.1, 0.15) is 22.6 Å². The van der Waals surface area contributed by atoms with Crippen molar-refractivity contribution in [1.29, 1.82) is 0 Å². The largest absolute Gasteiger partial charge is 0.312 e. The summed E-state index contributed by atoms with van der Waals surface area (Å²) >= 11 is 6.03. The van der Waals surface area contributed by atoms with Crippen molar-refractivity contribution >= 4 is 11.6 Å². The minimum atomic E-state index is -0.376. The molecule has 3 heteroatoms. The average molecular weight is 340 g/mol. The molecule has 0 heterocycles. The highest BCUT2D eigenvalue weighted by Crippen LogP contribution is 2.24. The summed E-state index contributed by atoms with van der Waals surface area (Å²) in [6.07, 6.45) is 0. The van der Waals surface area contributed by atoms with Crippen LogP contribution < -0.4 is 5.32 Å². The molecule has 0 unspecified atom stereocenters. The van der Waals surface area contributed by atoms with Gasteiger partial charge in [-0.05, 0) is 22.8 Å². The van der Waals surface area contributed by atoms with Crippen LogP contribution in [0.25, 0.3) is 0 Å². The second kappa shape index (κ2) is 8.09. The molecule has 0 aliphatic carbocycles. The Morgan fingerprint density at radius 2 is 1.38 bits per heavy atom. The first-order valence-corrected chi connectivity index (χ1v) is 8.37. The lowest BCUT2D eigenvalue weighted by Gasteiger charge is -2.19. The molecular formula is C21H19ClFN. The Hall–Kier alpha value is -2.16. The van der Waals surface area contributed by atoms with Crippen LogP contribution in [0.3, 0.4) is 0 Å². The molecule has 3 aromatic rings. The van der Waals surface area contributed by atoms with Gasteiger partial charge in [-0.1, -0.05) is 84.4 Å². The van der Waals surface area contributed by atoms with Gasteiger partial charge in [0.2, 0.25) is 0 Å². The summed E-state index contributed by atoms with van der Waals surface area (Å²) in [6.45, 7) is 1.29. The van der Waals surface area contributed by atoms with Crippen molar-refractivity contribution in [2.75, 3.05) is 6.54 Å². The molecule has 122 valence electrons. The topological polar surface area (TPSA) is 12.0 Å². The molecule has 0 aromatic heterocycles. The highest BCUT2D eigenvalue weighted by atomic mass is 35.5. The quantitative estimate of drug-likeness (QED) is 0.634. The van der Waals surface area contributed by atoms with Crippen LogP contribution in [0, 0.1) is 5.82 Å². The Bertz CT molecular complexity index is 735. The number of benzene rings is 3. The molecule has 0 saturated carbocycles. The van der Waals surface area contributed by atoms with E-state index in [4.69, 9.17) is 11.6 Å². The minimum absolute atomic E-state index is 0.195. The number of halogens is 2. The van der Waals surface area contributed by atoms with E-state index in [1.807, 2.05) is 18.2 Å². The summed E-state index contributed by atoms with van der Waals surface area (Å²) in [5, 5.41) is 3.61. The maximum atomic E-state index is 13.5. The highest BCUT2D eigenvalue weighted by Gasteiger charge is 2.14. The number of hydrogen-bond donors (Lipinski definition) is 1. The van der Waals surface area contributed by atoms with Gasteiger partial charge in [0.05, 0.1) is 5.02 Å². The van der Waals surface area contributed by atoms with Crippen LogP contribution >= 0.6 is 11.6 Å². The maximum absolute atomic E-state index is 13.5. The summed E-state index contributed by atoms with van der Waals surface area (Å²) in [4.78, 5) is 0. The first kappa shape index (κ1) is 16.7. The SMILES string of the molecule is Fc1cccc(CNCC(c2ccccc2)c2ccccc2)c1Cl. The van der Waals surface area contributed by atoms with Crippen LogP contribution in [0.15, 0.2) is 78.9 Å². The van der Waals surface area contributed by atoms with Crippen molar-refractivity contribution in [2.24, 2.45) is 0 Å². The van der Waals surface area contributed by atoms with Crippen molar-refractivity contribution in [3.05, 3.63) is 106 Å². The molecule has 0 bridgehead atoms. The Kier molecular flexibility index (Phi) is 5.63. The van der Waals surface area contributed by atoms with Crippen molar-refractivity contribution in [2.45, 2.75) is 12.5 Å². The van der Waals surface area contributed by atoms with E-state index >= 15 is 0 Å². The van der Waals surface area contributed by atoms with Gasteiger partial charge in [-0.2, -0.15) is 0 Å². The van der Waals surface area contributed by atoms with Crippen molar-refractivity contribution in [1.82, 2.24) is 5.32 Å². The van der Waals surface area contributed by atoms with Crippen LogP contribution in [0.4, 0.5) is 4.39 Å². The van der Waals surface area contributed by atoms with Crippen LogP contribution in [0.5, 0.6) is 0 Å². The third-order valence-electron chi connectivity index (χ3n) is 4.10. The van der Waals surface area contributed by atoms with E-state index in [1.165, 1.54) is 17.2 Å². The first-order chi connectivity index (χ1) is 11.8. The molecule has 24 heavy (non-hydrogen) atoms. The van der Waals surface area contributed by atoms with Crippen LogP contribution in [-0.2, 0) is 6.54 Å². The second-order valence-corrected chi connectivity index (χ2v) is 6.10. The fourth-order valence-corrected chi connectivity index (χ4v) is 3.03. The predicted octanol–water partition coefficient (Wildman–Crippen LogP) is 5.40. The summed E-state index contributed by atoms with van der Waals surface area (Å²) < 4.78 is 13.5. The van der Waals surface area contributed by atoms with E-state index in [1.54, 1.807) is 6.07 Å². The third-order valence-corrected chi connectivity index (χ3v) is 4.52. The molecule has 0 amide bonds. The number of nitrogens with one attached hydrogen (secondary N) is 1. The zero-order valence-electron chi connectivity index (χ0n) is 13.3. The fourth-order valence-electron chi connectivity index (χ4n) is 2.84. The molecule has 0 aliphatic heterocycles. The standard InChI is InChI=1S/C21H19ClFN/c22-21-18(12-7-13-20(21)23)14-24-15-19(16-8-3-1-4-9-16)17-10-5-2-6-11-17/h1-13,19,24H,14-15H2. The molecule has 0 spiro atoms. The lowest BCUT2D eigenvalue weighted by atomic mass is 9.91. The Morgan fingerprint density at radius 3 is 1.96 bits per heavy atom. The van der Waals surface area contributed by atoms with Gasteiger partial charge >= 0.3 is 0 Å². The molecule has 0 atom stereocenters. The van der Waals surface area contributed by atoms with E-state index in [0.717, 1.165) is 12.1 Å². The number of hydrogen-bond acceptors (Lipinski definition) is 1. The van der Waals surface area contributed by atoms with Gasteiger partial charge in [0.1, 0.15) is 5.82 Å². The summed E-state index contributed by atoms with van der Waals surface area (Å²) in [5.74, 6) is -0.140. The molecule has 3 rings (SSSR count). The van der Waals surface area contributed by atoms with Gasteiger partial charge in [-0.15, -0.1) is 0 Å². The molecule has 0 saturated heterocycles. The maximum Gasteiger partial charge on any atom is 0.142 e. The molecule has 0 fully saturated rings. The Morgan fingerprint density at radius 1 is 0.792 bits per heavy atom. The van der Waals surface area contributed by atoms with Crippen LogP contribution in [0.2, 0.25) is 5.02 Å². The van der Waals surface area contributed by atoms with Gasteiger partial charge in [0.25, 0.3) is 0 Å². The molecule has 1 N–H and O–H groups in total. The summed E-state index contributed by atoms with van der Waals surface area (Å²) in [5.41, 5.74) is 3.28. The predicted molar refractivity (Wildman–Crippen MR) is 97.8 cm³/mol. The third kappa shape index (κ3) is 4.02. The van der Waals surface area contributed by atoms with Gasteiger partial charge < -0.3 is 5.32 Å². The normalized spacial score (nSPS) is 11.0. The van der Waals surface area contributed by atoms with E-state index in [0.29, 0.717) is 6.54 Å². The van der Waals surface area contributed by atoms with Crippen molar-refractivity contribution < 1.29 is 4.39 Å². The number of rotatable bonds is 6. The monoisotopic (exact) mass is 339 g/mol. The fraction of sp³-hybridized carbons (Fsp3) is 0.143. The molecule has 0 radical (unpaired) electrons. The van der Waals surface area contributed by atoms with E-state index in [9.17, 15) is 4.39 Å². The summed E-state index contributed by atoms with van der Waals surface area (Å²) in [7, 11) is 0.